The Morgan fingerprint density at radius 2 is 2.23 bits per heavy atom. The van der Waals surface area contributed by atoms with Crippen LogP contribution in [0.3, 0.4) is 0 Å². The van der Waals surface area contributed by atoms with E-state index in [9.17, 15) is 0 Å². The molecule has 0 amide bonds. The zero-order valence-electron chi connectivity index (χ0n) is 7.62. The summed E-state index contributed by atoms with van der Waals surface area (Å²) in [5.41, 5.74) is 5.38. The molecule has 72 valence electrons. The van der Waals surface area contributed by atoms with Gasteiger partial charge >= 0.3 is 0 Å². The average Bonchev–Trinajstić information content (AvgIpc) is 1.99. The molecule has 1 aromatic rings. The third kappa shape index (κ3) is 3.46. The molecule has 0 aromatic carbocycles. The van der Waals surface area contributed by atoms with Crippen LogP contribution in [0.2, 0.25) is 5.15 Å². The Balaban J connectivity index is 2.66. The summed E-state index contributed by atoms with van der Waals surface area (Å²) < 4.78 is 5.31. The van der Waals surface area contributed by atoms with Gasteiger partial charge in [0, 0.05) is 6.07 Å². The van der Waals surface area contributed by atoms with Crippen molar-refractivity contribution >= 4 is 17.5 Å². The summed E-state index contributed by atoms with van der Waals surface area (Å²) in [7, 11) is 0. The molecule has 0 unspecified atom stereocenters. The van der Waals surface area contributed by atoms with Crippen molar-refractivity contribution in [3.8, 4) is 5.88 Å². The van der Waals surface area contributed by atoms with Gasteiger partial charge in [0.05, 0.1) is 6.61 Å². The molecule has 5 heteroatoms. The molecule has 0 spiro atoms. The number of ether oxygens (including phenoxy) is 1. The van der Waals surface area contributed by atoms with Crippen molar-refractivity contribution in [2.24, 2.45) is 5.92 Å². The van der Waals surface area contributed by atoms with Crippen LogP contribution in [-0.2, 0) is 0 Å². The Kier molecular flexibility index (Phi) is 3.31. The Morgan fingerprint density at radius 3 is 2.77 bits per heavy atom. The van der Waals surface area contributed by atoms with E-state index in [1.54, 1.807) is 6.07 Å². The molecular formula is C8H12ClN3O. The Morgan fingerprint density at radius 1 is 1.54 bits per heavy atom. The minimum atomic E-state index is 0.131. The van der Waals surface area contributed by atoms with Crippen LogP contribution in [0.1, 0.15) is 13.8 Å². The minimum Gasteiger partial charge on any atom is -0.477 e. The quantitative estimate of drug-likeness (QED) is 0.757. The molecule has 0 aliphatic rings. The van der Waals surface area contributed by atoms with Crippen LogP contribution in [0.5, 0.6) is 5.88 Å². The van der Waals surface area contributed by atoms with E-state index in [4.69, 9.17) is 22.1 Å². The normalized spacial score (nSPS) is 10.5. The largest absolute Gasteiger partial charge is 0.477 e. The zero-order chi connectivity index (χ0) is 9.84. The van der Waals surface area contributed by atoms with Crippen molar-refractivity contribution < 1.29 is 4.74 Å². The molecule has 0 bridgehead atoms. The highest BCUT2D eigenvalue weighted by atomic mass is 35.5. The van der Waals surface area contributed by atoms with Crippen LogP contribution in [0.15, 0.2) is 6.07 Å². The molecular weight excluding hydrogens is 190 g/mol. The Bertz CT molecular complexity index is 270. The highest BCUT2D eigenvalue weighted by Crippen LogP contribution is 2.14. The molecule has 0 aliphatic heterocycles. The van der Waals surface area contributed by atoms with Crippen LogP contribution < -0.4 is 10.5 Å². The van der Waals surface area contributed by atoms with E-state index in [0.29, 0.717) is 23.6 Å². The van der Waals surface area contributed by atoms with Crippen molar-refractivity contribution in [1.29, 1.82) is 0 Å². The Labute approximate surface area is 82.1 Å². The van der Waals surface area contributed by atoms with E-state index >= 15 is 0 Å². The smallest absolute Gasteiger partial charge is 0.224 e. The second kappa shape index (κ2) is 4.28. The first kappa shape index (κ1) is 10.1. The summed E-state index contributed by atoms with van der Waals surface area (Å²) in [4.78, 5) is 7.58. The maximum Gasteiger partial charge on any atom is 0.224 e. The zero-order valence-corrected chi connectivity index (χ0v) is 8.38. The molecule has 0 saturated heterocycles. The van der Waals surface area contributed by atoms with Gasteiger partial charge in [-0.25, -0.2) is 4.98 Å². The van der Waals surface area contributed by atoms with Gasteiger partial charge in [0.2, 0.25) is 11.8 Å². The molecule has 13 heavy (non-hydrogen) atoms. The SMILES string of the molecule is CC(C)COc1cc(Cl)nc(N)n1. The first-order valence-corrected chi connectivity index (χ1v) is 4.38. The van der Waals surface area contributed by atoms with Crippen LogP contribution in [0, 0.1) is 5.92 Å². The molecule has 0 saturated carbocycles. The number of hydrogen-bond donors (Lipinski definition) is 1. The van der Waals surface area contributed by atoms with Crippen LogP contribution in [0.4, 0.5) is 5.95 Å². The predicted molar refractivity (Wildman–Crippen MR) is 51.8 cm³/mol. The lowest BCUT2D eigenvalue weighted by atomic mass is 10.2. The molecule has 1 rings (SSSR count). The van der Waals surface area contributed by atoms with E-state index in [-0.39, 0.29) is 5.95 Å². The van der Waals surface area contributed by atoms with Crippen LogP contribution in [0.25, 0.3) is 0 Å². The summed E-state index contributed by atoms with van der Waals surface area (Å²) in [6.07, 6.45) is 0. The van der Waals surface area contributed by atoms with Crippen LogP contribution in [-0.4, -0.2) is 16.6 Å². The molecule has 2 N–H and O–H groups in total. The lowest BCUT2D eigenvalue weighted by Crippen LogP contribution is -2.07. The summed E-state index contributed by atoms with van der Waals surface area (Å²) in [6, 6.07) is 1.54. The van der Waals surface area contributed by atoms with Gasteiger partial charge in [-0.1, -0.05) is 25.4 Å². The van der Waals surface area contributed by atoms with Gasteiger partial charge in [-0.2, -0.15) is 4.98 Å². The maximum atomic E-state index is 5.65. The topological polar surface area (TPSA) is 61.0 Å². The van der Waals surface area contributed by atoms with Crippen molar-refractivity contribution in [2.75, 3.05) is 12.3 Å². The number of rotatable bonds is 3. The van der Waals surface area contributed by atoms with Gasteiger partial charge in [0.1, 0.15) is 5.15 Å². The lowest BCUT2D eigenvalue weighted by Gasteiger charge is -2.07. The molecule has 4 nitrogen and oxygen atoms in total. The number of nitrogens with two attached hydrogens (primary N) is 1. The van der Waals surface area contributed by atoms with E-state index in [0.717, 1.165) is 0 Å². The van der Waals surface area contributed by atoms with Crippen molar-refractivity contribution in [3.05, 3.63) is 11.2 Å². The van der Waals surface area contributed by atoms with E-state index in [1.165, 1.54) is 0 Å². The highest BCUT2D eigenvalue weighted by Gasteiger charge is 2.02. The van der Waals surface area contributed by atoms with E-state index < -0.39 is 0 Å². The lowest BCUT2D eigenvalue weighted by molar-refractivity contribution is 0.261. The number of aromatic nitrogens is 2. The van der Waals surface area contributed by atoms with Crippen molar-refractivity contribution in [2.45, 2.75) is 13.8 Å². The first-order valence-electron chi connectivity index (χ1n) is 4.01. The number of nitrogen functional groups attached to an aromatic ring is 1. The third-order valence-corrected chi connectivity index (χ3v) is 1.45. The summed E-state index contributed by atoms with van der Waals surface area (Å²) in [6.45, 7) is 4.69. The second-order valence-corrected chi connectivity index (χ2v) is 3.48. The summed E-state index contributed by atoms with van der Waals surface area (Å²) >= 11 is 5.65. The fourth-order valence-corrected chi connectivity index (χ4v) is 0.920. The molecule has 0 aliphatic carbocycles. The third-order valence-electron chi connectivity index (χ3n) is 1.25. The van der Waals surface area contributed by atoms with Gasteiger partial charge in [-0.05, 0) is 5.92 Å². The highest BCUT2D eigenvalue weighted by molar-refractivity contribution is 6.29. The number of nitrogens with zero attached hydrogens (tertiary/aromatic N) is 2. The monoisotopic (exact) mass is 201 g/mol. The fraction of sp³-hybridized carbons (Fsp3) is 0.500. The van der Waals surface area contributed by atoms with Gasteiger partial charge in [-0.3, -0.25) is 0 Å². The molecule has 0 radical (unpaired) electrons. The van der Waals surface area contributed by atoms with Crippen LogP contribution >= 0.6 is 11.6 Å². The maximum absolute atomic E-state index is 5.65. The molecule has 1 aromatic heterocycles. The Hall–Kier alpha value is -1.03. The molecule has 1 heterocycles. The number of hydrogen-bond acceptors (Lipinski definition) is 4. The fourth-order valence-electron chi connectivity index (χ4n) is 0.740. The van der Waals surface area contributed by atoms with Crippen molar-refractivity contribution in [1.82, 2.24) is 9.97 Å². The van der Waals surface area contributed by atoms with Crippen molar-refractivity contribution in [3.63, 3.8) is 0 Å². The summed E-state index contributed by atoms with van der Waals surface area (Å²) in [5.74, 6) is 0.993. The summed E-state index contributed by atoms with van der Waals surface area (Å²) in [5, 5.41) is 0.297. The number of anilines is 1. The molecule has 0 atom stereocenters. The number of halogens is 1. The predicted octanol–water partition coefficient (Wildman–Crippen LogP) is 1.75. The molecule has 0 fully saturated rings. The van der Waals surface area contributed by atoms with Gasteiger partial charge in [0.15, 0.2) is 0 Å². The second-order valence-electron chi connectivity index (χ2n) is 3.09. The minimum absolute atomic E-state index is 0.131. The first-order chi connectivity index (χ1) is 6.08. The standard InChI is InChI=1S/C8H12ClN3O/c1-5(2)4-13-7-3-6(9)11-8(10)12-7/h3,5H,4H2,1-2H3,(H2,10,11,12). The van der Waals surface area contributed by atoms with Gasteiger partial charge in [-0.15, -0.1) is 0 Å². The van der Waals surface area contributed by atoms with Gasteiger partial charge in [0.25, 0.3) is 0 Å². The van der Waals surface area contributed by atoms with E-state index in [2.05, 4.69) is 9.97 Å². The van der Waals surface area contributed by atoms with Gasteiger partial charge < -0.3 is 10.5 Å². The average molecular weight is 202 g/mol. The van der Waals surface area contributed by atoms with E-state index in [1.807, 2.05) is 13.8 Å².